The summed E-state index contributed by atoms with van der Waals surface area (Å²) in [7, 11) is 0. The second kappa shape index (κ2) is 4.83. The molecule has 0 fully saturated rings. The number of carbonyl (C=O) groups excluding carboxylic acids is 1. The molecule has 0 aromatic heterocycles. The monoisotopic (exact) mass is 131 g/mol. The number of rotatable bonds is 2. The predicted octanol–water partition coefficient (Wildman–Crippen LogP) is -0.251. The molecule has 4 nitrogen and oxygen atoms in total. The van der Waals surface area contributed by atoms with Crippen LogP contribution in [0.3, 0.4) is 0 Å². The Morgan fingerprint density at radius 3 is 1.89 bits per heavy atom. The summed E-state index contributed by atoms with van der Waals surface area (Å²) in [5.41, 5.74) is 4.55. The predicted molar refractivity (Wildman–Crippen MR) is 32.7 cm³/mol. The second-order valence-electron chi connectivity index (χ2n) is 1.07. The topological polar surface area (TPSA) is 80.4 Å². The summed E-state index contributed by atoms with van der Waals surface area (Å²) >= 11 is 0. The van der Waals surface area contributed by atoms with E-state index in [-0.39, 0.29) is 7.43 Å². The minimum Gasteiger partial charge on any atom is -0.478 e. The zero-order valence-electron chi connectivity index (χ0n) is 4.00. The lowest BCUT2D eigenvalue weighted by Gasteiger charge is -1.75. The summed E-state index contributed by atoms with van der Waals surface area (Å²) in [4.78, 5) is 19.4. The van der Waals surface area contributed by atoms with Crippen LogP contribution in [-0.2, 0) is 9.59 Å². The maximum Gasteiger partial charge on any atom is 0.328 e. The Morgan fingerprint density at radius 2 is 1.78 bits per heavy atom. The fourth-order valence-corrected chi connectivity index (χ4v) is 0.153. The molecule has 0 spiro atoms. The van der Waals surface area contributed by atoms with E-state index in [1.165, 1.54) is 0 Å². The van der Waals surface area contributed by atoms with Gasteiger partial charge in [-0.2, -0.15) is 0 Å². The fraction of sp³-hybridized carbons (Fsp3) is 0.200. The van der Waals surface area contributed by atoms with Crippen molar-refractivity contribution in [1.82, 2.24) is 0 Å². The number of carboxylic acid groups (broad SMARTS) is 1. The summed E-state index contributed by atoms with van der Waals surface area (Å²) < 4.78 is 0. The number of amides is 1. The number of carbonyl (C=O) groups is 2. The smallest absolute Gasteiger partial charge is 0.328 e. The van der Waals surface area contributed by atoms with E-state index in [9.17, 15) is 9.59 Å². The molecule has 0 radical (unpaired) electrons. The van der Waals surface area contributed by atoms with E-state index < -0.39 is 11.9 Å². The molecule has 1 amide bonds. The zero-order valence-corrected chi connectivity index (χ0v) is 4.00. The highest BCUT2D eigenvalue weighted by Gasteiger charge is 1.86. The van der Waals surface area contributed by atoms with Crippen LogP contribution in [0.4, 0.5) is 0 Å². The van der Waals surface area contributed by atoms with Crippen molar-refractivity contribution < 1.29 is 14.7 Å². The first-order chi connectivity index (χ1) is 3.63. The first-order valence-corrected chi connectivity index (χ1v) is 1.83. The maximum absolute atomic E-state index is 9.78. The zero-order chi connectivity index (χ0) is 6.57. The van der Waals surface area contributed by atoms with Gasteiger partial charge in [0, 0.05) is 12.2 Å². The van der Waals surface area contributed by atoms with Gasteiger partial charge in [0.2, 0.25) is 5.91 Å². The van der Waals surface area contributed by atoms with Crippen LogP contribution < -0.4 is 5.73 Å². The molecule has 0 bridgehead atoms. The number of hydrogen-bond donors (Lipinski definition) is 2. The quantitative estimate of drug-likeness (QED) is 0.507. The van der Waals surface area contributed by atoms with Crippen molar-refractivity contribution in [2.45, 2.75) is 7.43 Å². The van der Waals surface area contributed by atoms with Gasteiger partial charge in [0.05, 0.1) is 0 Å². The molecule has 4 heteroatoms. The highest BCUT2D eigenvalue weighted by Crippen LogP contribution is 1.68. The van der Waals surface area contributed by atoms with Crippen LogP contribution >= 0.6 is 0 Å². The molecule has 52 valence electrons. The summed E-state index contributed by atoms with van der Waals surface area (Å²) in [6, 6.07) is 0. The lowest BCUT2D eigenvalue weighted by Crippen LogP contribution is -2.06. The van der Waals surface area contributed by atoms with E-state index in [1.54, 1.807) is 0 Å². The van der Waals surface area contributed by atoms with Crippen LogP contribution in [-0.4, -0.2) is 17.0 Å². The van der Waals surface area contributed by atoms with Gasteiger partial charge >= 0.3 is 5.97 Å². The van der Waals surface area contributed by atoms with Crippen molar-refractivity contribution in [1.29, 1.82) is 0 Å². The van der Waals surface area contributed by atoms with E-state index in [0.29, 0.717) is 6.08 Å². The van der Waals surface area contributed by atoms with E-state index >= 15 is 0 Å². The lowest BCUT2D eigenvalue weighted by atomic mass is 10.5. The molecule has 0 aromatic carbocycles. The molecule has 0 atom stereocenters. The molecule has 0 aromatic rings. The van der Waals surface area contributed by atoms with Crippen LogP contribution in [0, 0.1) is 0 Å². The third kappa shape index (κ3) is 10.8. The van der Waals surface area contributed by atoms with Crippen molar-refractivity contribution >= 4 is 11.9 Å². The highest BCUT2D eigenvalue weighted by molar-refractivity contribution is 5.92. The number of nitrogens with two attached hydrogens (primary N) is 1. The number of hydrogen-bond acceptors (Lipinski definition) is 2. The fourth-order valence-electron chi connectivity index (χ4n) is 0.153. The largest absolute Gasteiger partial charge is 0.478 e. The van der Waals surface area contributed by atoms with E-state index in [0.717, 1.165) is 6.08 Å². The third-order valence-electron chi connectivity index (χ3n) is 0.390. The molecule has 0 unspecified atom stereocenters. The lowest BCUT2D eigenvalue weighted by molar-refractivity contribution is -0.131. The normalized spacial score (nSPS) is 8.44. The Labute approximate surface area is 53.0 Å². The molecule has 3 N–H and O–H groups in total. The van der Waals surface area contributed by atoms with E-state index in [2.05, 4.69) is 5.73 Å². The first kappa shape index (κ1) is 10.6. The summed E-state index contributed by atoms with van der Waals surface area (Å²) in [6.45, 7) is 0. The van der Waals surface area contributed by atoms with Gasteiger partial charge in [0.1, 0.15) is 0 Å². The van der Waals surface area contributed by atoms with Crippen molar-refractivity contribution in [2.75, 3.05) is 0 Å². The third-order valence-corrected chi connectivity index (χ3v) is 0.390. The molecule has 0 heterocycles. The van der Waals surface area contributed by atoms with Gasteiger partial charge in [0.15, 0.2) is 0 Å². The highest BCUT2D eigenvalue weighted by atomic mass is 16.4. The van der Waals surface area contributed by atoms with Crippen LogP contribution in [0.2, 0.25) is 0 Å². The average molecular weight is 131 g/mol. The number of aliphatic carboxylic acids is 1. The molecular formula is C5H9NO3. The summed E-state index contributed by atoms with van der Waals surface area (Å²) in [5, 5.41) is 7.87. The summed E-state index contributed by atoms with van der Waals surface area (Å²) in [5.74, 6) is -1.93. The van der Waals surface area contributed by atoms with Gasteiger partial charge in [0.25, 0.3) is 0 Å². The summed E-state index contributed by atoms with van der Waals surface area (Å²) in [6.07, 6.45) is 1.46. The molecule has 0 aliphatic heterocycles. The molecule has 0 saturated heterocycles. The standard InChI is InChI=1S/C4H5NO3.CH4/c5-3(6)1-2-4(7)8;/h1-2H,(H2,5,6)(H,7,8);1H4/b2-1-;. The number of primary amides is 1. The Morgan fingerprint density at radius 1 is 1.33 bits per heavy atom. The maximum atomic E-state index is 9.78. The molecular weight excluding hydrogens is 122 g/mol. The first-order valence-electron chi connectivity index (χ1n) is 1.83. The molecule has 0 aliphatic rings. The number of carboxylic acids is 1. The van der Waals surface area contributed by atoms with Gasteiger partial charge in [-0.05, 0) is 0 Å². The van der Waals surface area contributed by atoms with Crippen LogP contribution in [0.15, 0.2) is 12.2 Å². The van der Waals surface area contributed by atoms with Crippen molar-refractivity contribution in [3.05, 3.63) is 12.2 Å². The Kier molecular flexibility index (Phi) is 5.70. The SMILES string of the molecule is C.NC(=O)/C=C\C(=O)O. The minimum absolute atomic E-state index is 0. The van der Waals surface area contributed by atoms with Gasteiger partial charge in [-0.15, -0.1) is 0 Å². The molecule has 0 rings (SSSR count). The Bertz CT molecular complexity index is 123. The van der Waals surface area contributed by atoms with Gasteiger partial charge in [-0.1, -0.05) is 7.43 Å². The second-order valence-corrected chi connectivity index (χ2v) is 1.07. The van der Waals surface area contributed by atoms with Crippen LogP contribution in [0.1, 0.15) is 7.43 Å². The van der Waals surface area contributed by atoms with E-state index in [1.807, 2.05) is 0 Å². The van der Waals surface area contributed by atoms with Crippen LogP contribution in [0.5, 0.6) is 0 Å². The van der Waals surface area contributed by atoms with Crippen LogP contribution in [0.25, 0.3) is 0 Å². The van der Waals surface area contributed by atoms with Crippen molar-refractivity contribution in [2.24, 2.45) is 5.73 Å². The van der Waals surface area contributed by atoms with Crippen molar-refractivity contribution in [3.63, 3.8) is 0 Å². The minimum atomic E-state index is -1.18. The van der Waals surface area contributed by atoms with E-state index in [4.69, 9.17) is 5.11 Å². The van der Waals surface area contributed by atoms with Gasteiger partial charge < -0.3 is 10.8 Å². The molecule has 0 aliphatic carbocycles. The average Bonchev–Trinajstić information content (AvgIpc) is 1.61. The van der Waals surface area contributed by atoms with Gasteiger partial charge in [-0.25, -0.2) is 4.79 Å². The Balaban J connectivity index is 0. The van der Waals surface area contributed by atoms with Gasteiger partial charge in [-0.3, -0.25) is 4.79 Å². The Hall–Kier alpha value is -1.32. The van der Waals surface area contributed by atoms with Crippen molar-refractivity contribution in [3.8, 4) is 0 Å². The molecule has 0 saturated carbocycles. The molecule has 9 heavy (non-hydrogen) atoms.